The fourth-order valence-corrected chi connectivity index (χ4v) is 3.94. The summed E-state index contributed by atoms with van der Waals surface area (Å²) in [4.78, 5) is 0. The largest absolute Gasteiger partial charge is 0.447 e. The van der Waals surface area contributed by atoms with Gasteiger partial charge in [-0.2, -0.15) is 0 Å². The summed E-state index contributed by atoms with van der Waals surface area (Å²) in [5, 5.41) is 2.88. The first-order valence-electron chi connectivity index (χ1n) is 7.18. The molecule has 0 bridgehead atoms. The van der Waals surface area contributed by atoms with Crippen molar-refractivity contribution in [1.29, 1.82) is 0 Å². The summed E-state index contributed by atoms with van der Waals surface area (Å²) < 4.78 is 38.4. The minimum Gasteiger partial charge on any atom is -0.447 e. The zero-order valence-corrected chi connectivity index (χ0v) is 13.8. The van der Waals surface area contributed by atoms with Crippen LogP contribution in [0, 0.1) is 5.41 Å². The fourth-order valence-electron chi connectivity index (χ4n) is 2.59. The van der Waals surface area contributed by atoms with E-state index < -0.39 is 10.0 Å². The molecule has 1 aromatic heterocycles. The monoisotopic (exact) mass is 316 g/mol. The van der Waals surface area contributed by atoms with E-state index >= 15 is 0 Å². The molecule has 1 aliphatic rings. The first-order chi connectivity index (χ1) is 9.81. The van der Waals surface area contributed by atoms with Gasteiger partial charge in [0.25, 0.3) is 10.0 Å². The normalized spacial score (nSPS) is 24.8. The summed E-state index contributed by atoms with van der Waals surface area (Å²) in [5.74, 6) is 0.595. The molecule has 0 radical (unpaired) electrons. The lowest BCUT2D eigenvalue weighted by atomic mass is 9.65. The van der Waals surface area contributed by atoms with Gasteiger partial charge in [0.05, 0.1) is 12.6 Å². The van der Waals surface area contributed by atoms with Crippen molar-refractivity contribution in [3.63, 3.8) is 0 Å². The smallest absolute Gasteiger partial charge is 0.274 e. The van der Waals surface area contributed by atoms with Crippen LogP contribution >= 0.6 is 0 Å². The molecule has 1 aliphatic carbocycles. The molecule has 120 valence electrons. The van der Waals surface area contributed by atoms with E-state index in [1.54, 1.807) is 13.1 Å². The quantitative estimate of drug-likeness (QED) is 0.796. The van der Waals surface area contributed by atoms with Gasteiger partial charge in [-0.3, -0.25) is 0 Å². The Morgan fingerprint density at radius 1 is 1.43 bits per heavy atom. The average molecular weight is 316 g/mol. The van der Waals surface area contributed by atoms with Gasteiger partial charge < -0.3 is 14.5 Å². The molecule has 2 unspecified atom stereocenters. The first kappa shape index (κ1) is 16.5. The van der Waals surface area contributed by atoms with Crippen molar-refractivity contribution in [2.24, 2.45) is 5.41 Å². The van der Waals surface area contributed by atoms with E-state index in [-0.39, 0.29) is 22.7 Å². The predicted octanol–water partition coefficient (Wildman–Crippen LogP) is 1.48. The van der Waals surface area contributed by atoms with E-state index in [1.165, 1.54) is 6.07 Å². The molecule has 0 amide bonds. The maximum absolute atomic E-state index is 12.3. The topological polar surface area (TPSA) is 80.6 Å². The van der Waals surface area contributed by atoms with Crippen LogP contribution in [-0.2, 0) is 21.3 Å². The molecule has 2 rings (SSSR count). The van der Waals surface area contributed by atoms with Gasteiger partial charge in [0, 0.05) is 18.1 Å². The van der Waals surface area contributed by atoms with Crippen molar-refractivity contribution in [1.82, 2.24) is 10.0 Å². The van der Waals surface area contributed by atoms with Crippen molar-refractivity contribution in [3.8, 4) is 0 Å². The van der Waals surface area contributed by atoms with Gasteiger partial charge in [0.1, 0.15) is 5.76 Å². The van der Waals surface area contributed by atoms with Crippen molar-refractivity contribution in [3.05, 3.63) is 17.9 Å². The third-order valence-electron chi connectivity index (χ3n) is 4.10. The van der Waals surface area contributed by atoms with Gasteiger partial charge in [0.15, 0.2) is 0 Å². The highest BCUT2D eigenvalue weighted by molar-refractivity contribution is 7.89. The molecule has 1 fully saturated rings. The second-order valence-electron chi connectivity index (χ2n) is 5.93. The number of nitrogens with one attached hydrogen (secondary N) is 2. The van der Waals surface area contributed by atoms with Crippen LogP contribution in [0.15, 0.2) is 21.6 Å². The highest BCUT2D eigenvalue weighted by atomic mass is 32.2. The lowest BCUT2D eigenvalue weighted by Crippen LogP contribution is -2.61. The van der Waals surface area contributed by atoms with Crippen LogP contribution in [0.5, 0.6) is 0 Å². The number of rotatable bonds is 7. The third-order valence-corrected chi connectivity index (χ3v) is 5.44. The van der Waals surface area contributed by atoms with E-state index in [1.807, 2.05) is 20.8 Å². The fraction of sp³-hybridized carbons (Fsp3) is 0.714. The third kappa shape index (κ3) is 3.31. The van der Waals surface area contributed by atoms with Gasteiger partial charge in [-0.1, -0.05) is 13.8 Å². The Bertz CT molecular complexity index is 580. The minimum absolute atomic E-state index is 0.0385. The van der Waals surface area contributed by atoms with Crippen LogP contribution in [0.1, 0.15) is 33.0 Å². The Balaban J connectivity index is 2.05. The highest BCUT2D eigenvalue weighted by Crippen LogP contribution is 2.43. The molecule has 1 aromatic rings. The summed E-state index contributed by atoms with van der Waals surface area (Å²) in [7, 11) is -1.85. The van der Waals surface area contributed by atoms with Crippen molar-refractivity contribution in [2.75, 3.05) is 13.7 Å². The van der Waals surface area contributed by atoms with Gasteiger partial charge >= 0.3 is 0 Å². The molecule has 0 saturated heterocycles. The second kappa shape index (κ2) is 6.08. The highest BCUT2D eigenvalue weighted by Gasteiger charge is 2.50. The molecule has 6 nitrogen and oxygen atoms in total. The van der Waals surface area contributed by atoms with Crippen LogP contribution < -0.4 is 10.0 Å². The molecule has 1 heterocycles. The number of furan rings is 1. The summed E-state index contributed by atoms with van der Waals surface area (Å²) >= 11 is 0. The van der Waals surface area contributed by atoms with Gasteiger partial charge in [-0.15, -0.1) is 0 Å². The Hall–Kier alpha value is -0.890. The van der Waals surface area contributed by atoms with Gasteiger partial charge in [-0.05, 0) is 32.5 Å². The molecular formula is C14H24N2O4S. The van der Waals surface area contributed by atoms with E-state index in [4.69, 9.17) is 9.15 Å². The summed E-state index contributed by atoms with van der Waals surface area (Å²) in [6, 6.07) is 3.01. The maximum Gasteiger partial charge on any atom is 0.274 e. The molecule has 21 heavy (non-hydrogen) atoms. The molecule has 0 aromatic carbocycles. The van der Waals surface area contributed by atoms with Gasteiger partial charge in [0.2, 0.25) is 5.09 Å². The number of hydrogen-bond donors (Lipinski definition) is 2. The van der Waals surface area contributed by atoms with Crippen LogP contribution in [0.25, 0.3) is 0 Å². The maximum atomic E-state index is 12.3. The van der Waals surface area contributed by atoms with Crippen molar-refractivity contribution >= 4 is 10.0 Å². The van der Waals surface area contributed by atoms with Crippen molar-refractivity contribution in [2.45, 2.75) is 51.0 Å². The Morgan fingerprint density at radius 3 is 2.71 bits per heavy atom. The Labute approximate surface area is 126 Å². The lowest BCUT2D eigenvalue weighted by Gasteiger charge is -2.51. The summed E-state index contributed by atoms with van der Waals surface area (Å²) in [6.45, 7) is 7.10. The van der Waals surface area contributed by atoms with Crippen LogP contribution in [0.2, 0.25) is 0 Å². The van der Waals surface area contributed by atoms with Crippen LogP contribution in [0.3, 0.4) is 0 Å². The Morgan fingerprint density at radius 2 is 2.14 bits per heavy atom. The average Bonchev–Trinajstić information content (AvgIpc) is 2.87. The number of ether oxygens (including phenoxy) is 1. The van der Waals surface area contributed by atoms with E-state index in [9.17, 15) is 8.42 Å². The summed E-state index contributed by atoms with van der Waals surface area (Å²) in [6.07, 6.45) is 0.774. The number of sulfonamides is 1. The molecule has 1 saturated carbocycles. The zero-order chi connectivity index (χ0) is 15.7. The predicted molar refractivity (Wildman–Crippen MR) is 79.4 cm³/mol. The van der Waals surface area contributed by atoms with E-state index in [2.05, 4.69) is 10.0 Å². The summed E-state index contributed by atoms with van der Waals surface area (Å²) in [5.41, 5.74) is -0.219. The SMILES string of the molecule is CCOC1CC(NS(=O)(=O)c2ccc(CNC)o2)C1(C)C. The van der Waals surface area contributed by atoms with E-state index in [0.29, 0.717) is 25.3 Å². The first-order valence-corrected chi connectivity index (χ1v) is 8.66. The lowest BCUT2D eigenvalue weighted by molar-refractivity contribution is -0.108. The number of hydrogen-bond acceptors (Lipinski definition) is 5. The minimum atomic E-state index is -3.63. The van der Waals surface area contributed by atoms with Crippen LogP contribution in [-0.4, -0.2) is 34.2 Å². The molecule has 0 aliphatic heterocycles. The molecule has 0 spiro atoms. The van der Waals surface area contributed by atoms with Gasteiger partial charge in [-0.25, -0.2) is 13.1 Å². The van der Waals surface area contributed by atoms with Crippen LogP contribution in [0.4, 0.5) is 0 Å². The standard InChI is InChI=1S/C14H24N2O4S/c1-5-19-12-8-11(14(12,2)3)16-21(17,18)13-7-6-10(20-13)9-15-4/h6-7,11-12,15-16H,5,8-9H2,1-4H3. The Kier molecular flexibility index (Phi) is 4.77. The molecule has 2 atom stereocenters. The molecule has 7 heteroatoms. The second-order valence-corrected chi connectivity index (χ2v) is 7.57. The van der Waals surface area contributed by atoms with Crippen molar-refractivity contribution < 1.29 is 17.6 Å². The van der Waals surface area contributed by atoms with E-state index in [0.717, 1.165) is 0 Å². The molecular weight excluding hydrogens is 292 g/mol. The molecule has 2 N–H and O–H groups in total. The zero-order valence-electron chi connectivity index (χ0n) is 13.0.